The number of hydrogen-bond acceptors (Lipinski definition) is 5. The topological polar surface area (TPSA) is 61.8 Å². The van der Waals surface area contributed by atoms with Crippen LogP contribution in [0, 0.1) is 0 Å². The first-order valence-corrected chi connectivity index (χ1v) is 8.76. The highest BCUT2D eigenvalue weighted by atomic mass is 32.2. The molecule has 0 N–H and O–H groups in total. The Balaban J connectivity index is 1.69. The van der Waals surface area contributed by atoms with Crippen LogP contribution < -0.4 is 0 Å². The lowest BCUT2D eigenvalue weighted by molar-refractivity contribution is -0.191. The van der Waals surface area contributed by atoms with Crippen molar-refractivity contribution in [3.8, 4) is 0 Å². The molecule has 0 aromatic rings. The molecule has 0 unspecified atom stereocenters. The molecule has 2 fully saturated rings. The zero-order chi connectivity index (χ0) is 13.9. The summed E-state index contributed by atoms with van der Waals surface area (Å²) in [6.45, 7) is 5.05. The lowest BCUT2D eigenvalue weighted by Gasteiger charge is -2.35. The third-order valence-electron chi connectivity index (χ3n) is 3.95. The maximum atomic E-state index is 11.7. The molecule has 1 aliphatic carbocycles. The quantitative estimate of drug-likeness (QED) is 0.768. The summed E-state index contributed by atoms with van der Waals surface area (Å²) in [4.78, 5) is 0. The normalized spacial score (nSPS) is 24.4. The summed E-state index contributed by atoms with van der Waals surface area (Å²) in [5.41, 5.74) is 0. The minimum absolute atomic E-state index is 0.110. The molecule has 112 valence electrons. The van der Waals surface area contributed by atoms with E-state index in [0.29, 0.717) is 19.8 Å². The van der Waals surface area contributed by atoms with E-state index in [4.69, 9.17) is 14.2 Å². The molecule has 2 aliphatic rings. The van der Waals surface area contributed by atoms with Crippen LogP contribution in [0.5, 0.6) is 0 Å². The Morgan fingerprint density at radius 3 is 2.32 bits per heavy atom. The summed E-state index contributed by atoms with van der Waals surface area (Å²) in [6, 6.07) is 0. The van der Waals surface area contributed by atoms with Gasteiger partial charge in [-0.15, -0.1) is 0 Å². The summed E-state index contributed by atoms with van der Waals surface area (Å²) >= 11 is 0. The van der Waals surface area contributed by atoms with Crippen molar-refractivity contribution in [1.82, 2.24) is 0 Å². The molecule has 0 radical (unpaired) electrons. The molecule has 1 aliphatic heterocycles. The van der Waals surface area contributed by atoms with Crippen LogP contribution in [0.2, 0.25) is 0 Å². The third kappa shape index (κ3) is 3.90. The average molecular weight is 292 g/mol. The molecule has 0 aromatic heterocycles. The Morgan fingerprint density at radius 1 is 1.21 bits per heavy atom. The van der Waals surface area contributed by atoms with E-state index in [-0.39, 0.29) is 22.9 Å². The molecule has 1 spiro atoms. The third-order valence-corrected chi connectivity index (χ3v) is 6.12. The van der Waals surface area contributed by atoms with Gasteiger partial charge in [0.1, 0.15) is 0 Å². The van der Waals surface area contributed by atoms with Gasteiger partial charge in [0.05, 0.1) is 36.9 Å². The van der Waals surface area contributed by atoms with Crippen molar-refractivity contribution >= 4 is 9.84 Å². The molecule has 0 bridgehead atoms. The van der Waals surface area contributed by atoms with Crippen molar-refractivity contribution in [2.45, 2.75) is 56.7 Å². The van der Waals surface area contributed by atoms with Crippen LogP contribution in [-0.4, -0.2) is 51.1 Å². The second-order valence-electron chi connectivity index (χ2n) is 5.59. The number of rotatable bonds is 5. The first-order valence-electron chi connectivity index (χ1n) is 7.05. The van der Waals surface area contributed by atoms with Gasteiger partial charge in [-0.2, -0.15) is 0 Å². The van der Waals surface area contributed by atoms with Crippen molar-refractivity contribution in [2.24, 2.45) is 0 Å². The molecule has 5 nitrogen and oxygen atoms in total. The Bertz CT molecular complexity index is 374. The zero-order valence-corrected chi connectivity index (χ0v) is 12.6. The Hall–Kier alpha value is -0.170. The van der Waals surface area contributed by atoms with Crippen LogP contribution >= 0.6 is 0 Å². The van der Waals surface area contributed by atoms with Crippen LogP contribution in [0.4, 0.5) is 0 Å². The number of hydrogen-bond donors (Lipinski definition) is 0. The van der Waals surface area contributed by atoms with Gasteiger partial charge in [0.2, 0.25) is 0 Å². The van der Waals surface area contributed by atoms with E-state index >= 15 is 0 Å². The average Bonchev–Trinajstić information content (AvgIpc) is 2.80. The predicted octanol–water partition coefficient (Wildman–Crippen LogP) is 1.51. The van der Waals surface area contributed by atoms with Crippen LogP contribution in [0.25, 0.3) is 0 Å². The van der Waals surface area contributed by atoms with Crippen molar-refractivity contribution < 1.29 is 22.6 Å². The van der Waals surface area contributed by atoms with Gasteiger partial charge < -0.3 is 14.2 Å². The number of ether oxygens (including phenoxy) is 3. The SMILES string of the molecule is CC(C)S(=O)(=O)CCOC1CCC2(CC1)OCCO2. The van der Waals surface area contributed by atoms with E-state index in [9.17, 15) is 8.42 Å². The van der Waals surface area contributed by atoms with Gasteiger partial charge in [-0.25, -0.2) is 8.42 Å². The lowest BCUT2D eigenvalue weighted by Crippen LogP contribution is -2.38. The van der Waals surface area contributed by atoms with Gasteiger partial charge >= 0.3 is 0 Å². The lowest BCUT2D eigenvalue weighted by atomic mass is 9.92. The zero-order valence-electron chi connectivity index (χ0n) is 11.8. The van der Waals surface area contributed by atoms with Gasteiger partial charge in [0, 0.05) is 12.8 Å². The largest absolute Gasteiger partial charge is 0.377 e. The van der Waals surface area contributed by atoms with Crippen LogP contribution in [0.15, 0.2) is 0 Å². The summed E-state index contributed by atoms with van der Waals surface area (Å²) in [6.07, 6.45) is 3.58. The second-order valence-corrected chi connectivity index (χ2v) is 8.27. The number of sulfone groups is 1. The molecule has 0 amide bonds. The van der Waals surface area contributed by atoms with E-state index in [0.717, 1.165) is 25.7 Å². The van der Waals surface area contributed by atoms with Gasteiger partial charge in [0.25, 0.3) is 0 Å². The van der Waals surface area contributed by atoms with Crippen molar-refractivity contribution in [2.75, 3.05) is 25.6 Å². The van der Waals surface area contributed by atoms with Gasteiger partial charge in [-0.1, -0.05) is 0 Å². The fraction of sp³-hybridized carbons (Fsp3) is 1.00. The fourth-order valence-electron chi connectivity index (χ4n) is 2.55. The van der Waals surface area contributed by atoms with Gasteiger partial charge in [0.15, 0.2) is 15.6 Å². The Kier molecular flexibility index (Phi) is 4.87. The molecule has 0 atom stereocenters. The first-order chi connectivity index (χ1) is 8.94. The predicted molar refractivity (Wildman–Crippen MR) is 71.8 cm³/mol. The van der Waals surface area contributed by atoms with E-state index in [1.165, 1.54) is 0 Å². The molecule has 2 rings (SSSR count). The molecule has 19 heavy (non-hydrogen) atoms. The maximum absolute atomic E-state index is 11.7. The van der Waals surface area contributed by atoms with Crippen LogP contribution in [0.1, 0.15) is 39.5 Å². The smallest absolute Gasteiger partial charge is 0.168 e. The molecule has 0 aromatic carbocycles. The fourth-order valence-corrected chi connectivity index (χ4v) is 3.35. The van der Waals surface area contributed by atoms with Crippen LogP contribution in [0.3, 0.4) is 0 Å². The highest BCUT2D eigenvalue weighted by Gasteiger charge is 2.40. The minimum Gasteiger partial charge on any atom is -0.377 e. The monoisotopic (exact) mass is 292 g/mol. The minimum atomic E-state index is -3.00. The molecule has 1 heterocycles. The first kappa shape index (κ1) is 15.2. The van der Waals surface area contributed by atoms with E-state index < -0.39 is 9.84 Å². The summed E-state index contributed by atoms with van der Waals surface area (Å²) < 4.78 is 40.3. The highest BCUT2D eigenvalue weighted by Crippen LogP contribution is 2.36. The molecular weight excluding hydrogens is 268 g/mol. The molecular formula is C13H24O5S. The summed E-state index contributed by atoms with van der Waals surface area (Å²) in [7, 11) is -3.00. The van der Waals surface area contributed by atoms with E-state index in [1.54, 1.807) is 13.8 Å². The molecule has 1 saturated carbocycles. The maximum Gasteiger partial charge on any atom is 0.168 e. The Morgan fingerprint density at radius 2 is 1.79 bits per heavy atom. The van der Waals surface area contributed by atoms with E-state index in [2.05, 4.69) is 0 Å². The Labute approximate surface area is 115 Å². The standard InChI is InChI=1S/C13H24O5S/c1-11(2)19(14,15)10-9-16-12-3-5-13(6-4-12)17-7-8-18-13/h11-12H,3-10H2,1-2H3. The van der Waals surface area contributed by atoms with Gasteiger partial charge in [-0.3, -0.25) is 0 Å². The van der Waals surface area contributed by atoms with Crippen molar-refractivity contribution in [3.05, 3.63) is 0 Å². The second kappa shape index (κ2) is 6.08. The van der Waals surface area contributed by atoms with Crippen LogP contribution in [-0.2, 0) is 24.0 Å². The van der Waals surface area contributed by atoms with Gasteiger partial charge in [-0.05, 0) is 26.7 Å². The van der Waals surface area contributed by atoms with Crippen molar-refractivity contribution in [1.29, 1.82) is 0 Å². The molecule has 1 saturated heterocycles. The highest BCUT2D eigenvalue weighted by molar-refractivity contribution is 7.91. The summed E-state index contributed by atoms with van der Waals surface area (Å²) in [5.74, 6) is -0.261. The molecule has 6 heteroatoms. The summed E-state index contributed by atoms with van der Waals surface area (Å²) in [5, 5.41) is -0.328. The van der Waals surface area contributed by atoms with Crippen molar-refractivity contribution in [3.63, 3.8) is 0 Å². The van der Waals surface area contributed by atoms with E-state index in [1.807, 2.05) is 0 Å².